The molecule has 0 atom stereocenters. The molecular weight excluding hydrogens is 436 g/mol. The van der Waals surface area contributed by atoms with Crippen molar-refractivity contribution in [2.75, 3.05) is 20.3 Å². The monoisotopic (exact) mass is 476 g/mol. The van der Waals surface area contributed by atoms with E-state index in [9.17, 15) is 5.11 Å². The van der Waals surface area contributed by atoms with E-state index in [1.165, 1.54) is 5.56 Å². The Hall–Kier alpha value is -2.70. The van der Waals surface area contributed by atoms with E-state index in [-0.39, 0.29) is 28.6 Å². The summed E-state index contributed by atoms with van der Waals surface area (Å²) in [5.74, 6) is 0.961. The predicted octanol–water partition coefficient (Wildman–Crippen LogP) is 5.58. The van der Waals surface area contributed by atoms with Gasteiger partial charge in [-0.3, -0.25) is 5.41 Å². The largest absolute Gasteiger partial charge is 0.507 e. The molecule has 2 aromatic carbocycles. The molecule has 2 saturated heterocycles. The van der Waals surface area contributed by atoms with Crippen molar-refractivity contribution >= 4 is 22.3 Å². The molecule has 4 N–H and O–H groups in total. The highest BCUT2D eigenvalue weighted by Crippen LogP contribution is 2.33. The molecule has 6 nitrogen and oxygen atoms in total. The fourth-order valence-electron chi connectivity index (χ4n) is 5.91. The van der Waals surface area contributed by atoms with Crippen LogP contribution >= 0.6 is 0 Å². The topological polar surface area (TPSA) is 92.4 Å². The van der Waals surface area contributed by atoms with Crippen LogP contribution in [0.4, 0.5) is 0 Å². The maximum Gasteiger partial charge on any atom is 0.125 e. The summed E-state index contributed by atoms with van der Waals surface area (Å²) >= 11 is 0. The van der Waals surface area contributed by atoms with Gasteiger partial charge >= 0.3 is 0 Å². The van der Waals surface area contributed by atoms with Gasteiger partial charge in [-0.05, 0) is 99.9 Å². The fourth-order valence-corrected chi connectivity index (χ4v) is 5.91. The Labute approximate surface area is 209 Å². The second-order valence-electron chi connectivity index (χ2n) is 11.6. The highest BCUT2D eigenvalue weighted by Gasteiger charge is 2.39. The number of amidine groups is 1. The number of hydrogen-bond donors (Lipinski definition) is 4. The molecule has 2 aliphatic heterocycles. The van der Waals surface area contributed by atoms with E-state index < -0.39 is 0 Å². The molecule has 0 aromatic heterocycles. The summed E-state index contributed by atoms with van der Waals surface area (Å²) in [4.78, 5) is 2.01. The molecule has 188 valence electrons. The zero-order chi connectivity index (χ0) is 25.4. The Morgan fingerprint density at radius 3 is 2.31 bits per heavy atom. The van der Waals surface area contributed by atoms with Crippen LogP contribution in [0.5, 0.6) is 5.75 Å². The lowest BCUT2D eigenvalue weighted by Gasteiger charge is -2.49. The molecule has 0 bridgehead atoms. The number of nitrogens with one attached hydrogen (secondary N) is 3. The molecule has 35 heavy (non-hydrogen) atoms. The summed E-state index contributed by atoms with van der Waals surface area (Å²) in [5, 5.41) is 33.5. The minimum atomic E-state index is -0.00110. The summed E-state index contributed by atoms with van der Waals surface area (Å²) in [5.41, 5.74) is 1.95. The highest BCUT2D eigenvalue weighted by atomic mass is 16.5. The van der Waals surface area contributed by atoms with Gasteiger partial charge in [0.25, 0.3) is 0 Å². The van der Waals surface area contributed by atoms with Crippen LogP contribution in [0, 0.1) is 10.8 Å². The number of ether oxygens (including phenoxy) is 1. The molecule has 0 saturated carbocycles. The summed E-state index contributed by atoms with van der Waals surface area (Å²) in [7, 11) is 1.96. The lowest BCUT2D eigenvalue weighted by atomic mass is 9.79. The number of phenols is 1. The quantitative estimate of drug-likeness (QED) is 0.335. The van der Waals surface area contributed by atoms with E-state index in [1.807, 2.05) is 18.0 Å². The van der Waals surface area contributed by atoms with Crippen molar-refractivity contribution in [2.24, 2.45) is 0 Å². The number of allylic oxidation sites excluding steroid dienone is 1. The van der Waals surface area contributed by atoms with Crippen molar-refractivity contribution in [1.82, 2.24) is 10.2 Å². The first kappa shape index (κ1) is 25.4. The van der Waals surface area contributed by atoms with Gasteiger partial charge in [0.2, 0.25) is 0 Å². The molecule has 0 radical (unpaired) electrons. The first-order valence-corrected chi connectivity index (χ1v) is 12.7. The number of likely N-dealkylation sites (N-methyl/N-ethyl adjacent to an activating group) is 1. The number of piperidine rings is 1. The maximum atomic E-state index is 10.7. The first-order chi connectivity index (χ1) is 16.4. The van der Waals surface area contributed by atoms with Gasteiger partial charge in [0.05, 0.1) is 5.71 Å². The molecule has 4 rings (SSSR count). The molecule has 2 fully saturated rings. The minimum Gasteiger partial charge on any atom is -0.507 e. The number of fused-ring (bicyclic) bond motifs is 1. The van der Waals surface area contributed by atoms with E-state index in [0.29, 0.717) is 17.3 Å². The molecule has 0 amide bonds. The highest BCUT2D eigenvalue weighted by molar-refractivity contribution is 6.12. The Morgan fingerprint density at radius 1 is 1.00 bits per heavy atom. The second-order valence-corrected chi connectivity index (χ2v) is 11.6. The third-order valence-corrected chi connectivity index (χ3v) is 7.47. The maximum absolute atomic E-state index is 10.7. The van der Waals surface area contributed by atoms with E-state index in [1.54, 1.807) is 18.2 Å². The second kappa shape index (κ2) is 9.75. The Kier molecular flexibility index (Phi) is 7.07. The van der Waals surface area contributed by atoms with Crippen LogP contribution in [0.3, 0.4) is 0 Å². The fraction of sp³-hybridized carbons (Fsp3) is 0.517. The van der Waals surface area contributed by atoms with Crippen LogP contribution < -0.4 is 5.32 Å². The Bertz CT molecular complexity index is 1130. The summed E-state index contributed by atoms with van der Waals surface area (Å²) in [6, 6.07) is 10.3. The van der Waals surface area contributed by atoms with Gasteiger partial charge in [0.1, 0.15) is 11.6 Å². The summed E-state index contributed by atoms with van der Waals surface area (Å²) in [6.45, 7) is 10.4. The van der Waals surface area contributed by atoms with Crippen molar-refractivity contribution < 1.29 is 9.84 Å². The third kappa shape index (κ3) is 5.93. The van der Waals surface area contributed by atoms with Crippen LogP contribution in [0.2, 0.25) is 0 Å². The van der Waals surface area contributed by atoms with Crippen molar-refractivity contribution in [1.29, 1.82) is 10.8 Å². The van der Waals surface area contributed by atoms with E-state index >= 15 is 0 Å². The molecule has 0 spiro atoms. The zero-order valence-electron chi connectivity index (χ0n) is 21.7. The number of nitrogens with zero attached hydrogens (tertiary/aromatic N) is 1. The van der Waals surface area contributed by atoms with E-state index in [2.05, 4.69) is 51.2 Å². The van der Waals surface area contributed by atoms with Gasteiger partial charge in [-0.2, -0.15) is 0 Å². The number of hydrogen-bond acceptors (Lipinski definition) is 5. The molecule has 2 aromatic rings. The van der Waals surface area contributed by atoms with E-state index in [4.69, 9.17) is 15.6 Å². The molecule has 2 aliphatic rings. The van der Waals surface area contributed by atoms with Gasteiger partial charge in [-0.1, -0.05) is 18.2 Å². The number of aromatic hydroxyl groups is 1. The number of phenolic OH excluding ortho intramolecular Hbond substituents is 1. The summed E-state index contributed by atoms with van der Waals surface area (Å²) in [6.07, 6.45) is 7.23. The van der Waals surface area contributed by atoms with Gasteiger partial charge in [-0.15, -0.1) is 0 Å². The zero-order valence-corrected chi connectivity index (χ0v) is 21.7. The molecule has 0 aliphatic carbocycles. The van der Waals surface area contributed by atoms with Gasteiger partial charge < -0.3 is 25.5 Å². The lowest BCUT2D eigenvalue weighted by Crippen LogP contribution is -2.62. The number of rotatable bonds is 5. The van der Waals surface area contributed by atoms with Crippen LogP contribution in [0.15, 0.2) is 42.5 Å². The molecule has 6 heteroatoms. The molecule has 0 unspecified atom stereocenters. The van der Waals surface area contributed by atoms with Crippen molar-refractivity contribution in [3.05, 3.63) is 53.6 Å². The van der Waals surface area contributed by atoms with Crippen LogP contribution in [-0.4, -0.2) is 58.9 Å². The average molecular weight is 477 g/mol. The first-order valence-electron chi connectivity index (χ1n) is 12.7. The van der Waals surface area contributed by atoms with Crippen LogP contribution in [0.25, 0.3) is 10.8 Å². The molecular formula is C29H40N4O2. The smallest absolute Gasteiger partial charge is 0.125 e. The Morgan fingerprint density at radius 2 is 1.66 bits per heavy atom. The predicted molar refractivity (Wildman–Crippen MR) is 144 cm³/mol. The lowest BCUT2D eigenvalue weighted by molar-refractivity contribution is 0.0853. The number of benzene rings is 2. The van der Waals surface area contributed by atoms with Crippen LogP contribution in [-0.2, 0) is 4.74 Å². The standard InChI is InChI=1S/C29H40N4O2/c1-28(2)17-23(18-29(3,4)32-28)33(5)27(31)9-8-25(30)24-15-21-7-6-20(14-22(21)16-26(24)34)19-10-12-35-13-11-19/h6-9,14-16,19,23,30-32,34H,10-13,17-18H2,1-5H3/b9-8-,30-25?,31-27?. The van der Waals surface area contributed by atoms with Gasteiger partial charge in [-0.25, -0.2) is 0 Å². The van der Waals surface area contributed by atoms with Crippen molar-refractivity contribution in [3.63, 3.8) is 0 Å². The molecule has 2 heterocycles. The SMILES string of the molecule is CN(C(=N)/C=C\C(=N)c1cc2ccc(C3CCOCC3)cc2cc1O)C1CC(C)(C)NC(C)(C)C1. The van der Waals surface area contributed by atoms with Crippen molar-refractivity contribution in [3.8, 4) is 5.75 Å². The van der Waals surface area contributed by atoms with Gasteiger partial charge in [0, 0.05) is 42.9 Å². The normalized spacial score (nSPS) is 20.8. The van der Waals surface area contributed by atoms with Crippen LogP contribution in [0.1, 0.15) is 70.4 Å². The third-order valence-electron chi connectivity index (χ3n) is 7.47. The van der Waals surface area contributed by atoms with E-state index in [0.717, 1.165) is 49.7 Å². The van der Waals surface area contributed by atoms with Crippen molar-refractivity contribution in [2.45, 2.75) is 76.4 Å². The Balaban J connectivity index is 1.48. The average Bonchev–Trinajstić information content (AvgIpc) is 2.79. The minimum absolute atomic E-state index is 0.00110. The van der Waals surface area contributed by atoms with Gasteiger partial charge in [0.15, 0.2) is 0 Å². The summed E-state index contributed by atoms with van der Waals surface area (Å²) < 4.78 is 5.49.